The van der Waals surface area contributed by atoms with Crippen molar-refractivity contribution in [3.63, 3.8) is 0 Å². The molecule has 0 saturated heterocycles. The molecule has 0 unspecified atom stereocenters. The highest BCUT2D eigenvalue weighted by molar-refractivity contribution is 5.23. The van der Waals surface area contributed by atoms with Crippen LogP contribution in [0.4, 0.5) is 0 Å². The van der Waals surface area contributed by atoms with Crippen LogP contribution in [0.3, 0.4) is 0 Å². The summed E-state index contributed by atoms with van der Waals surface area (Å²) >= 11 is 0. The van der Waals surface area contributed by atoms with Gasteiger partial charge in [-0.05, 0) is 24.8 Å². The molecule has 0 aromatic heterocycles. The van der Waals surface area contributed by atoms with Crippen molar-refractivity contribution < 1.29 is 0 Å². The minimum absolute atomic E-state index is 0.220. The van der Waals surface area contributed by atoms with Gasteiger partial charge in [0.05, 0.1) is 0 Å². The van der Waals surface area contributed by atoms with Crippen LogP contribution in [0.5, 0.6) is 0 Å². The lowest BCUT2D eigenvalue weighted by Gasteiger charge is -2.18. The first-order valence-corrected chi connectivity index (χ1v) is 3.68. The van der Waals surface area contributed by atoms with E-state index in [1.54, 1.807) is 0 Å². The Morgan fingerprint density at radius 3 is 1.70 bits per heavy atom. The van der Waals surface area contributed by atoms with E-state index in [1.165, 1.54) is 11.1 Å². The Kier molecular flexibility index (Phi) is 2.89. The Bertz CT molecular complexity index is 149. The lowest BCUT2D eigenvalue weighted by atomic mass is 9.87. The van der Waals surface area contributed by atoms with Gasteiger partial charge in [0, 0.05) is 0 Å². The second kappa shape index (κ2) is 3.05. The summed E-state index contributed by atoms with van der Waals surface area (Å²) in [5.41, 5.74) is 2.74. The Morgan fingerprint density at radius 1 is 1.20 bits per heavy atom. The summed E-state index contributed by atoms with van der Waals surface area (Å²) in [4.78, 5) is 0. The van der Waals surface area contributed by atoms with Crippen LogP contribution in [0.2, 0.25) is 0 Å². The third-order valence-corrected chi connectivity index (χ3v) is 1.43. The average molecular weight is 138 g/mol. The molecule has 0 spiro atoms. The van der Waals surface area contributed by atoms with Crippen molar-refractivity contribution in [1.29, 1.82) is 0 Å². The first-order valence-electron chi connectivity index (χ1n) is 3.68. The molecule has 0 N–H and O–H groups in total. The molecule has 0 amide bonds. The minimum Gasteiger partial charge on any atom is -0.0953 e. The van der Waals surface area contributed by atoms with Crippen LogP contribution in [0.25, 0.3) is 0 Å². The van der Waals surface area contributed by atoms with E-state index in [-0.39, 0.29) is 5.41 Å². The third kappa shape index (κ3) is 3.49. The van der Waals surface area contributed by atoms with Gasteiger partial charge in [0.25, 0.3) is 0 Å². The molecule has 0 saturated carbocycles. The van der Waals surface area contributed by atoms with Crippen LogP contribution in [0, 0.1) is 5.41 Å². The molecule has 0 aliphatic carbocycles. The molecule has 0 fully saturated rings. The van der Waals surface area contributed by atoms with Crippen molar-refractivity contribution in [3.05, 3.63) is 23.8 Å². The summed E-state index contributed by atoms with van der Waals surface area (Å²) in [6.07, 6.45) is 2.14. The van der Waals surface area contributed by atoms with Crippen molar-refractivity contribution in [1.82, 2.24) is 0 Å². The quantitative estimate of drug-likeness (QED) is 0.486. The van der Waals surface area contributed by atoms with Gasteiger partial charge in [-0.25, -0.2) is 0 Å². The van der Waals surface area contributed by atoms with E-state index in [4.69, 9.17) is 0 Å². The number of hydrogen-bond acceptors (Lipinski definition) is 0. The molecular formula is C10H18. The molecule has 58 valence electrons. The van der Waals surface area contributed by atoms with Gasteiger partial charge < -0.3 is 0 Å². The van der Waals surface area contributed by atoms with E-state index in [1.807, 2.05) is 0 Å². The molecule has 0 aliphatic rings. The standard InChI is InChI=1S/C10H18/c1-8(2)7-9(3)10(4,5)6/h7H,3H2,1-2,4-6H3. The van der Waals surface area contributed by atoms with Gasteiger partial charge in [0.15, 0.2) is 0 Å². The summed E-state index contributed by atoms with van der Waals surface area (Å²) in [5.74, 6) is 0. The molecule has 0 rings (SSSR count). The second-order valence-electron chi connectivity index (χ2n) is 4.00. The van der Waals surface area contributed by atoms with Crippen molar-refractivity contribution in [2.45, 2.75) is 34.6 Å². The zero-order valence-corrected chi connectivity index (χ0v) is 7.78. The predicted octanol–water partition coefficient (Wildman–Crippen LogP) is 3.55. The monoisotopic (exact) mass is 138 g/mol. The first kappa shape index (κ1) is 9.48. The lowest BCUT2D eigenvalue weighted by Crippen LogP contribution is -2.06. The molecule has 0 heteroatoms. The molecule has 0 atom stereocenters. The van der Waals surface area contributed by atoms with Gasteiger partial charge in [-0.3, -0.25) is 0 Å². The molecule has 0 bridgehead atoms. The third-order valence-electron chi connectivity index (χ3n) is 1.43. The van der Waals surface area contributed by atoms with Crippen molar-refractivity contribution in [3.8, 4) is 0 Å². The van der Waals surface area contributed by atoms with Crippen molar-refractivity contribution in [2.75, 3.05) is 0 Å². The van der Waals surface area contributed by atoms with E-state index in [0.29, 0.717) is 0 Å². The van der Waals surface area contributed by atoms with Gasteiger partial charge in [-0.1, -0.05) is 39.0 Å². The van der Waals surface area contributed by atoms with E-state index in [0.717, 1.165) is 0 Å². The molecule has 10 heavy (non-hydrogen) atoms. The number of hydrogen-bond donors (Lipinski definition) is 0. The first-order chi connectivity index (χ1) is 4.34. The van der Waals surface area contributed by atoms with E-state index in [2.05, 4.69) is 47.3 Å². The zero-order chi connectivity index (χ0) is 8.36. The fourth-order valence-electron chi connectivity index (χ4n) is 0.565. The Labute approximate surface area is 64.6 Å². The molecular weight excluding hydrogens is 120 g/mol. The topological polar surface area (TPSA) is 0 Å². The predicted molar refractivity (Wildman–Crippen MR) is 48.0 cm³/mol. The number of allylic oxidation sites excluding steroid dienone is 3. The van der Waals surface area contributed by atoms with Crippen LogP contribution >= 0.6 is 0 Å². The minimum atomic E-state index is 0.220. The Balaban J connectivity index is 4.27. The van der Waals surface area contributed by atoms with Gasteiger partial charge in [0.1, 0.15) is 0 Å². The van der Waals surface area contributed by atoms with Crippen LogP contribution in [0.15, 0.2) is 23.8 Å². The fourth-order valence-corrected chi connectivity index (χ4v) is 0.565. The maximum atomic E-state index is 3.99. The van der Waals surface area contributed by atoms with Gasteiger partial charge in [-0.2, -0.15) is 0 Å². The van der Waals surface area contributed by atoms with Crippen LogP contribution in [-0.4, -0.2) is 0 Å². The van der Waals surface area contributed by atoms with Crippen LogP contribution in [-0.2, 0) is 0 Å². The van der Waals surface area contributed by atoms with Crippen LogP contribution in [0.1, 0.15) is 34.6 Å². The van der Waals surface area contributed by atoms with E-state index < -0.39 is 0 Å². The Morgan fingerprint density at radius 2 is 1.60 bits per heavy atom. The summed E-state index contributed by atoms with van der Waals surface area (Å²) in [6, 6.07) is 0. The smallest absolute Gasteiger partial charge is 0.0138 e. The summed E-state index contributed by atoms with van der Waals surface area (Å²) in [7, 11) is 0. The maximum Gasteiger partial charge on any atom is -0.0138 e. The highest BCUT2D eigenvalue weighted by Gasteiger charge is 2.11. The highest BCUT2D eigenvalue weighted by atomic mass is 14.2. The van der Waals surface area contributed by atoms with E-state index in [9.17, 15) is 0 Å². The second-order valence-corrected chi connectivity index (χ2v) is 4.00. The lowest BCUT2D eigenvalue weighted by molar-refractivity contribution is 0.518. The van der Waals surface area contributed by atoms with E-state index >= 15 is 0 Å². The fraction of sp³-hybridized carbons (Fsp3) is 0.600. The average Bonchev–Trinajstić information content (AvgIpc) is 1.60. The summed E-state index contributed by atoms with van der Waals surface area (Å²) in [5, 5.41) is 0. The molecule has 0 aliphatic heterocycles. The number of rotatable bonds is 1. The largest absolute Gasteiger partial charge is 0.0953 e. The Hall–Kier alpha value is -0.520. The summed E-state index contributed by atoms with van der Waals surface area (Å²) < 4.78 is 0. The normalized spacial score (nSPS) is 10.9. The van der Waals surface area contributed by atoms with Crippen LogP contribution < -0.4 is 0 Å². The highest BCUT2D eigenvalue weighted by Crippen LogP contribution is 2.24. The zero-order valence-electron chi connectivity index (χ0n) is 7.78. The molecule has 0 nitrogen and oxygen atoms in total. The maximum absolute atomic E-state index is 3.99. The molecule has 0 heterocycles. The van der Waals surface area contributed by atoms with Gasteiger partial charge in [-0.15, -0.1) is 0 Å². The van der Waals surface area contributed by atoms with Crippen molar-refractivity contribution in [2.24, 2.45) is 5.41 Å². The molecule has 0 aromatic rings. The summed E-state index contributed by atoms with van der Waals surface area (Å²) in [6.45, 7) is 14.7. The molecule has 0 aromatic carbocycles. The SMILES string of the molecule is C=C(C=C(C)C)C(C)(C)C. The van der Waals surface area contributed by atoms with Gasteiger partial charge in [0.2, 0.25) is 0 Å². The molecule has 0 radical (unpaired) electrons. The van der Waals surface area contributed by atoms with Gasteiger partial charge >= 0.3 is 0 Å². The van der Waals surface area contributed by atoms with Crippen molar-refractivity contribution >= 4 is 0 Å².